The lowest BCUT2D eigenvalue weighted by Crippen LogP contribution is -2.29. The third-order valence-corrected chi connectivity index (χ3v) is 6.14. The Hall–Kier alpha value is -3.93. The number of halogens is 1. The summed E-state index contributed by atoms with van der Waals surface area (Å²) in [5.41, 5.74) is 4.06. The van der Waals surface area contributed by atoms with Crippen molar-refractivity contribution in [3.05, 3.63) is 99.9 Å². The molecule has 6 heteroatoms. The lowest BCUT2D eigenvalue weighted by atomic mass is 9.94. The van der Waals surface area contributed by atoms with E-state index in [0.717, 1.165) is 16.7 Å². The van der Waals surface area contributed by atoms with Crippen LogP contribution in [0.5, 0.6) is 5.75 Å². The number of ketones is 1. The molecule has 0 saturated carbocycles. The Morgan fingerprint density at radius 1 is 0.972 bits per heavy atom. The highest BCUT2D eigenvalue weighted by molar-refractivity contribution is 6.51. The Bertz CT molecular complexity index is 1340. The van der Waals surface area contributed by atoms with Gasteiger partial charge in [-0.15, -0.1) is 0 Å². The van der Waals surface area contributed by atoms with Crippen LogP contribution in [-0.4, -0.2) is 23.4 Å². The van der Waals surface area contributed by atoms with Gasteiger partial charge in [0.15, 0.2) is 0 Å². The quantitative estimate of drug-likeness (QED) is 0.248. The molecule has 1 atom stereocenters. The van der Waals surface area contributed by atoms with Crippen LogP contribution >= 0.6 is 0 Å². The van der Waals surface area contributed by atoms with Crippen molar-refractivity contribution in [3.8, 4) is 5.75 Å². The summed E-state index contributed by atoms with van der Waals surface area (Å²) in [4.78, 5) is 28.1. The van der Waals surface area contributed by atoms with Gasteiger partial charge in [0.25, 0.3) is 11.7 Å². The number of anilines is 1. The van der Waals surface area contributed by atoms with Gasteiger partial charge in [0.05, 0.1) is 18.2 Å². The van der Waals surface area contributed by atoms with Gasteiger partial charge in [-0.3, -0.25) is 14.5 Å². The van der Waals surface area contributed by atoms with E-state index in [1.165, 1.54) is 29.2 Å². The second-order valence-corrected chi connectivity index (χ2v) is 9.75. The van der Waals surface area contributed by atoms with Gasteiger partial charge in [0.1, 0.15) is 17.3 Å². The van der Waals surface area contributed by atoms with Crippen LogP contribution in [0.25, 0.3) is 5.76 Å². The third kappa shape index (κ3) is 4.89. The minimum absolute atomic E-state index is 0.0407. The molecular formula is C30H30FNO4. The van der Waals surface area contributed by atoms with Crippen molar-refractivity contribution in [2.24, 2.45) is 5.92 Å². The van der Waals surface area contributed by atoms with E-state index >= 15 is 0 Å². The Labute approximate surface area is 210 Å². The third-order valence-electron chi connectivity index (χ3n) is 6.14. The van der Waals surface area contributed by atoms with Gasteiger partial charge in [-0.05, 0) is 91.4 Å². The zero-order valence-electron chi connectivity index (χ0n) is 21.1. The molecule has 1 saturated heterocycles. The molecule has 0 radical (unpaired) electrons. The molecule has 3 aromatic carbocycles. The first-order chi connectivity index (χ1) is 17.1. The molecule has 0 spiro atoms. The molecule has 0 bridgehead atoms. The van der Waals surface area contributed by atoms with E-state index in [1.807, 2.05) is 39.0 Å². The molecule has 36 heavy (non-hydrogen) atoms. The van der Waals surface area contributed by atoms with Gasteiger partial charge in [-0.2, -0.15) is 0 Å². The van der Waals surface area contributed by atoms with Gasteiger partial charge >= 0.3 is 0 Å². The smallest absolute Gasteiger partial charge is 0.300 e. The molecule has 1 unspecified atom stereocenters. The van der Waals surface area contributed by atoms with E-state index in [2.05, 4.69) is 13.8 Å². The summed E-state index contributed by atoms with van der Waals surface area (Å²) in [5.74, 6) is -1.22. The summed E-state index contributed by atoms with van der Waals surface area (Å²) in [7, 11) is 0. The van der Waals surface area contributed by atoms with E-state index in [4.69, 9.17) is 4.74 Å². The molecule has 5 nitrogen and oxygen atoms in total. The van der Waals surface area contributed by atoms with E-state index < -0.39 is 23.5 Å². The number of hydrogen-bond acceptors (Lipinski definition) is 4. The number of aliphatic hydroxyl groups excluding tert-OH is 1. The van der Waals surface area contributed by atoms with Gasteiger partial charge in [-0.1, -0.05) is 32.0 Å². The van der Waals surface area contributed by atoms with Crippen LogP contribution in [0.2, 0.25) is 0 Å². The number of rotatable bonds is 6. The molecule has 0 aliphatic carbocycles. The highest BCUT2D eigenvalue weighted by atomic mass is 19.1. The summed E-state index contributed by atoms with van der Waals surface area (Å²) in [5, 5.41) is 11.4. The van der Waals surface area contributed by atoms with Crippen LogP contribution in [0.4, 0.5) is 10.1 Å². The molecule has 1 aliphatic heterocycles. The second-order valence-electron chi connectivity index (χ2n) is 9.75. The number of aliphatic hydroxyl groups is 1. The van der Waals surface area contributed by atoms with Gasteiger partial charge in [-0.25, -0.2) is 4.39 Å². The Morgan fingerprint density at radius 2 is 1.61 bits per heavy atom. The summed E-state index contributed by atoms with van der Waals surface area (Å²) < 4.78 is 19.6. The molecule has 1 amide bonds. The first-order valence-electron chi connectivity index (χ1n) is 12.0. The largest absolute Gasteiger partial charge is 0.507 e. The highest BCUT2D eigenvalue weighted by Gasteiger charge is 2.47. The molecule has 1 aliphatic rings. The van der Waals surface area contributed by atoms with E-state index in [-0.39, 0.29) is 11.3 Å². The maximum absolute atomic E-state index is 13.7. The van der Waals surface area contributed by atoms with Gasteiger partial charge < -0.3 is 9.84 Å². The number of amides is 1. The fraction of sp³-hybridized carbons (Fsp3) is 0.267. The van der Waals surface area contributed by atoms with Crippen LogP contribution in [0.3, 0.4) is 0 Å². The lowest BCUT2D eigenvalue weighted by Gasteiger charge is -2.26. The van der Waals surface area contributed by atoms with Crippen molar-refractivity contribution in [2.45, 2.75) is 40.7 Å². The maximum Gasteiger partial charge on any atom is 0.300 e. The molecule has 1 N–H and O–H groups in total. The molecule has 0 aromatic heterocycles. The van der Waals surface area contributed by atoms with Crippen LogP contribution in [0, 0.1) is 32.5 Å². The van der Waals surface area contributed by atoms with Crippen molar-refractivity contribution in [1.82, 2.24) is 0 Å². The number of carbonyl (C=O) groups excluding carboxylic acids is 2. The molecule has 4 rings (SSSR count). The predicted octanol–water partition coefficient (Wildman–Crippen LogP) is 6.41. The number of Topliss-reactive ketones (excluding diaryl/α,β-unsaturated/α-hetero) is 1. The van der Waals surface area contributed by atoms with Crippen LogP contribution < -0.4 is 9.64 Å². The summed E-state index contributed by atoms with van der Waals surface area (Å²) in [6.07, 6.45) is 0. The normalized spacial score (nSPS) is 17.2. The van der Waals surface area contributed by atoms with Crippen molar-refractivity contribution in [3.63, 3.8) is 0 Å². The van der Waals surface area contributed by atoms with Crippen LogP contribution in [0.1, 0.15) is 47.7 Å². The average Bonchev–Trinajstić information content (AvgIpc) is 3.08. The summed E-state index contributed by atoms with van der Waals surface area (Å²) in [6.45, 7) is 10.3. The number of nitrogens with zero attached hydrogens (tertiary/aromatic N) is 1. The van der Waals surface area contributed by atoms with Crippen molar-refractivity contribution < 1.29 is 23.8 Å². The number of carbonyl (C=O) groups is 2. The van der Waals surface area contributed by atoms with E-state index in [9.17, 15) is 19.1 Å². The molecular weight excluding hydrogens is 457 g/mol. The first-order valence-corrected chi connectivity index (χ1v) is 12.0. The van der Waals surface area contributed by atoms with Crippen LogP contribution in [0.15, 0.2) is 66.2 Å². The van der Waals surface area contributed by atoms with Crippen molar-refractivity contribution >= 4 is 23.1 Å². The zero-order valence-corrected chi connectivity index (χ0v) is 21.1. The van der Waals surface area contributed by atoms with Gasteiger partial charge in [0.2, 0.25) is 0 Å². The number of benzene rings is 3. The Morgan fingerprint density at radius 3 is 2.19 bits per heavy atom. The summed E-state index contributed by atoms with van der Waals surface area (Å²) >= 11 is 0. The zero-order chi connectivity index (χ0) is 26.1. The molecule has 186 valence electrons. The van der Waals surface area contributed by atoms with Crippen molar-refractivity contribution in [1.29, 1.82) is 0 Å². The molecule has 1 heterocycles. The minimum Gasteiger partial charge on any atom is -0.507 e. The Kier molecular flexibility index (Phi) is 6.97. The van der Waals surface area contributed by atoms with E-state index in [1.54, 1.807) is 18.2 Å². The van der Waals surface area contributed by atoms with Crippen LogP contribution in [-0.2, 0) is 9.59 Å². The highest BCUT2D eigenvalue weighted by Crippen LogP contribution is 2.43. The maximum atomic E-state index is 13.7. The SMILES string of the molecule is Cc1cc(C)cc(N2C(=O)C(=O)/C(=C(\O)c3ccc(OCC(C)C)c(C)c3)C2c2ccc(F)cc2)c1. The number of ether oxygens (including phenoxy) is 1. The topological polar surface area (TPSA) is 66.8 Å². The molecule has 1 fully saturated rings. The fourth-order valence-corrected chi connectivity index (χ4v) is 4.52. The lowest BCUT2D eigenvalue weighted by molar-refractivity contribution is -0.132. The van der Waals surface area contributed by atoms with Crippen molar-refractivity contribution in [2.75, 3.05) is 11.5 Å². The monoisotopic (exact) mass is 487 g/mol. The Balaban J connectivity index is 1.87. The number of aryl methyl sites for hydroxylation is 3. The minimum atomic E-state index is -0.913. The summed E-state index contributed by atoms with van der Waals surface area (Å²) in [6, 6.07) is 15.5. The predicted molar refractivity (Wildman–Crippen MR) is 139 cm³/mol. The van der Waals surface area contributed by atoms with E-state index in [0.29, 0.717) is 35.1 Å². The second kappa shape index (κ2) is 9.97. The standard InChI is InChI=1S/C30H30FNO4/c1-17(2)16-36-25-11-8-22(15-20(25)5)28(33)26-27(21-6-9-23(31)10-7-21)32(30(35)29(26)34)24-13-18(3)12-19(4)14-24/h6-15,17,27,33H,16H2,1-5H3/b28-26-. The average molecular weight is 488 g/mol. The first kappa shape index (κ1) is 25.2. The molecule has 3 aromatic rings. The number of hydrogen-bond donors (Lipinski definition) is 1. The fourth-order valence-electron chi connectivity index (χ4n) is 4.52. The van der Waals surface area contributed by atoms with Gasteiger partial charge in [0, 0.05) is 11.3 Å².